The van der Waals surface area contributed by atoms with Gasteiger partial charge in [0.05, 0.1) is 19.8 Å². The lowest BCUT2D eigenvalue weighted by atomic mass is 9.99. The minimum atomic E-state index is -5.07. The van der Waals surface area contributed by atoms with E-state index >= 15 is 0 Å². The van der Waals surface area contributed by atoms with E-state index in [2.05, 4.69) is 66.6 Å². The summed E-state index contributed by atoms with van der Waals surface area (Å²) < 4.78 is 59.2. The molecule has 12 nitrogen and oxygen atoms in total. The molecule has 1 fully saturated rings. The molecule has 0 aromatic heterocycles. The van der Waals surface area contributed by atoms with Gasteiger partial charge in [-0.25, -0.2) is 4.18 Å². The molecule has 0 aromatic carbocycles. The Labute approximate surface area is 402 Å². The molecule has 0 bridgehead atoms. The summed E-state index contributed by atoms with van der Waals surface area (Å²) in [6.45, 7) is 3.96. The van der Waals surface area contributed by atoms with E-state index in [1.807, 2.05) is 0 Å². The lowest BCUT2D eigenvalue weighted by Crippen LogP contribution is -2.60. The average Bonchev–Trinajstić information content (AvgIpc) is 3.29. The summed E-state index contributed by atoms with van der Waals surface area (Å²) in [5, 5.41) is 30.7. The van der Waals surface area contributed by atoms with Gasteiger partial charge in [-0.3, -0.25) is 9.35 Å². The molecule has 1 aliphatic rings. The minimum absolute atomic E-state index is 0.0300. The SMILES string of the molecule is CCCCCC/C=C\CCCCCCCCOCC(COC1OC(CO)C(O)C(OS(=O)(=O)O)C1O)OC(=O)CCCCCCCCCCCC/C=C\C/C=C\C/C=C\CCCCCCC. The fourth-order valence-corrected chi connectivity index (χ4v) is 8.42. The van der Waals surface area contributed by atoms with E-state index < -0.39 is 59.8 Å². The van der Waals surface area contributed by atoms with Gasteiger partial charge in [-0.05, 0) is 77.0 Å². The lowest BCUT2D eigenvalue weighted by Gasteiger charge is -2.41. The van der Waals surface area contributed by atoms with Gasteiger partial charge in [0.25, 0.3) is 0 Å². The molecular weight excluding hydrogens is 861 g/mol. The van der Waals surface area contributed by atoms with Gasteiger partial charge < -0.3 is 34.3 Å². The van der Waals surface area contributed by atoms with Crippen molar-refractivity contribution in [2.75, 3.05) is 26.4 Å². The number of hydrogen-bond acceptors (Lipinski definition) is 11. The van der Waals surface area contributed by atoms with Crippen molar-refractivity contribution < 1.29 is 56.2 Å². The number of esters is 1. The molecule has 4 N–H and O–H groups in total. The number of allylic oxidation sites excluding steroid dienone is 8. The second-order valence-corrected chi connectivity index (χ2v) is 19.2. The minimum Gasteiger partial charge on any atom is -0.457 e. The zero-order valence-corrected chi connectivity index (χ0v) is 42.3. The van der Waals surface area contributed by atoms with Gasteiger partial charge in [-0.2, -0.15) is 8.42 Å². The molecule has 66 heavy (non-hydrogen) atoms. The van der Waals surface area contributed by atoms with Gasteiger partial charge in [-0.15, -0.1) is 0 Å². The predicted octanol–water partition coefficient (Wildman–Crippen LogP) is 12.3. The normalized spacial score (nSPS) is 19.9. The van der Waals surface area contributed by atoms with Gasteiger partial charge in [0.2, 0.25) is 0 Å². The number of carbonyl (C=O) groups excluding carboxylic acids is 1. The van der Waals surface area contributed by atoms with E-state index in [1.54, 1.807) is 0 Å². The monoisotopic (exact) mass is 957 g/mol. The lowest BCUT2D eigenvalue weighted by molar-refractivity contribution is -0.301. The summed E-state index contributed by atoms with van der Waals surface area (Å²) in [7, 11) is -5.07. The molecule has 0 saturated carbocycles. The van der Waals surface area contributed by atoms with Crippen LogP contribution in [0, 0.1) is 0 Å². The maximum atomic E-state index is 12.9. The molecule has 0 amide bonds. The first-order valence-electron chi connectivity index (χ1n) is 26.4. The number of aliphatic hydroxyl groups is 3. The number of ether oxygens (including phenoxy) is 4. The highest BCUT2D eigenvalue weighted by Crippen LogP contribution is 2.26. The van der Waals surface area contributed by atoms with Crippen molar-refractivity contribution in [3.8, 4) is 0 Å². The highest BCUT2D eigenvalue weighted by atomic mass is 32.3. The molecular formula is C53H96O12S. The third-order valence-corrected chi connectivity index (χ3v) is 12.4. The number of unbranched alkanes of at least 4 members (excludes halogenated alkanes) is 25. The van der Waals surface area contributed by atoms with E-state index in [0.29, 0.717) is 13.0 Å². The Morgan fingerprint density at radius 1 is 0.576 bits per heavy atom. The molecule has 1 rings (SSSR count). The molecule has 386 valence electrons. The summed E-state index contributed by atoms with van der Waals surface area (Å²) in [6.07, 6.45) is 45.7. The van der Waals surface area contributed by atoms with Gasteiger partial charge in [0.1, 0.15) is 30.5 Å². The summed E-state index contributed by atoms with van der Waals surface area (Å²) in [5.74, 6) is -0.405. The van der Waals surface area contributed by atoms with Gasteiger partial charge in [0, 0.05) is 13.0 Å². The summed E-state index contributed by atoms with van der Waals surface area (Å²) >= 11 is 0. The van der Waals surface area contributed by atoms with E-state index in [0.717, 1.165) is 64.2 Å². The van der Waals surface area contributed by atoms with Crippen LogP contribution < -0.4 is 0 Å². The topological polar surface area (TPSA) is 178 Å². The molecule has 6 unspecified atom stereocenters. The zero-order valence-electron chi connectivity index (χ0n) is 41.5. The van der Waals surface area contributed by atoms with Crippen LogP contribution in [0.5, 0.6) is 0 Å². The van der Waals surface area contributed by atoms with E-state index in [9.17, 15) is 33.1 Å². The Bertz CT molecular complexity index is 1340. The van der Waals surface area contributed by atoms with Crippen molar-refractivity contribution in [3.05, 3.63) is 48.6 Å². The summed E-state index contributed by atoms with van der Waals surface area (Å²) in [6, 6.07) is 0. The number of rotatable bonds is 46. The highest BCUT2D eigenvalue weighted by molar-refractivity contribution is 7.80. The van der Waals surface area contributed by atoms with Gasteiger partial charge >= 0.3 is 16.4 Å². The average molecular weight is 957 g/mol. The molecule has 6 atom stereocenters. The Balaban J connectivity index is 2.32. The highest BCUT2D eigenvalue weighted by Gasteiger charge is 2.48. The van der Waals surface area contributed by atoms with Crippen molar-refractivity contribution >= 4 is 16.4 Å². The fourth-order valence-electron chi connectivity index (χ4n) is 7.91. The predicted molar refractivity (Wildman–Crippen MR) is 266 cm³/mol. The fraction of sp³-hybridized carbons (Fsp3) is 0.830. The molecule has 0 aliphatic carbocycles. The van der Waals surface area contributed by atoms with Crippen LogP contribution in [0.25, 0.3) is 0 Å². The van der Waals surface area contributed by atoms with Crippen LogP contribution in [-0.4, -0.2) is 97.5 Å². The van der Waals surface area contributed by atoms with Crippen LogP contribution in [0.3, 0.4) is 0 Å². The molecule has 1 aliphatic heterocycles. The Kier molecular flexibility index (Phi) is 41.6. The standard InChI is InChI=1S/C53H96O12S/c1-3-5-7-9-11-13-15-17-19-20-21-22-23-24-25-26-27-28-29-30-32-34-36-38-40-42-49(55)63-47(45-61-43-41-39-37-35-33-31-18-16-14-12-10-8-6-4-2)46-62-53-51(57)52(65-66(58,59)60)50(56)48(44-54)64-53/h14-17,20-21,23-24,47-48,50-54,56-57H,3-13,18-19,22,25-46H2,1-2H3,(H,58,59,60)/b16-14-,17-15-,21-20-,24-23-. The van der Waals surface area contributed by atoms with E-state index in [1.165, 1.54) is 128 Å². The van der Waals surface area contributed by atoms with Crippen LogP contribution in [-0.2, 0) is 38.3 Å². The molecule has 0 aromatic rings. The van der Waals surface area contributed by atoms with Crippen molar-refractivity contribution in [3.63, 3.8) is 0 Å². The Morgan fingerprint density at radius 2 is 1.00 bits per heavy atom. The van der Waals surface area contributed by atoms with Crippen LogP contribution in [0.15, 0.2) is 48.6 Å². The van der Waals surface area contributed by atoms with Gasteiger partial charge in [0.15, 0.2) is 6.29 Å². The Hall–Kier alpha value is -1.94. The maximum Gasteiger partial charge on any atom is 0.397 e. The van der Waals surface area contributed by atoms with Crippen LogP contribution in [0.4, 0.5) is 0 Å². The van der Waals surface area contributed by atoms with Crippen LogP contribution >= 0.6 is 0 Å². The zero-order chi connectivity index (χ0) is 48.2. The third-order valence-electron chi connectivity index (χ3n) is 11.9. The number of aliphatic hydroxyl groups excluding tert-OH is 3. The van der Waals surface area contributed by atoms with Crippen molar-refractivity contribution in [1.29, 1.82) is 0 Å². The smallest absolute Gasteiger partial charge is 0.397 e. The van der Waals surface area contributed by atoms with Gasteiger partial charge in [-0.1, -0.05) is 184 Å². The largest absolute Gasteiger partial charge is 0.457 e. The first kappa shape index (κ1) is 62.1. The molecule has 0 spiro atoms. The van der Waals surface area contributed by atoms with Crippen molar-refractivity contribution in [2.45, 2.75) is 256 Å². The van der Waals surface area contributed by atoms with Crippen LogP contribution in [0.2, 0.25) is 0 Å². The summed E-state index contributed by atoms with van der Waals surface area (Å²) in [5.41, 5.74) is 0. The van der Waals surface area contributed by atoms with E-state index in [-0.39, 0.29) is 19.6 Å². The number of carbonyl (C=O) groups is 1. The number of hydrogen-bond donors (Lipinski definition) is 4. The van der Waals surface area contributed by atoms with Crippen LogP contribution in [0.1, 0.15) is 219 Å². The third kappa shape index (κ3) is 37.0. The maximum absolute atomic E-state index is 12.9. The second kappa shape index (κ2) is 44.3. The quantitative estimate of drug-likeness (QED) is 0.0197. The second-order valence-electron chi connectivity index (χ2n) is 18.1. The Morgan fingerprint density at radius 3 is 1.48 bits per heavy atom. The molecule has 1 saturated heterocycles. The van der Waals surface area contributed by atoms with Crippen molar-refractivity contribution in [1.82, 2.24) is 0 Å². The van der Waals surface area contributed by atoms with Crippen molar-refractivity contribution in [2.24, 2.45) is 0 Å². The molecule has 1 heterocycles. The first-order valence-corrected chi connectivity index (χ1v) is 27.8. The molecule has 13 heteroatoms. The summed E-state index contributed by atoms with van der Waals surface area (Å²) in [4.78, 5) is 12.9. The first-order chi connectivity index (χ1) is 32.1. The molecule has 0 radical (unpaired) electrons. The van der Waals surface area contributed by atoms with E-state index in [4.69, 9.17) is 18.9 Å².